The molecule has 0 radical (unpaired) electrons. The summed E-state index contributed by atoms with van der Waals surface area (Å²) < 4.78 is 32.6. The first-order valence-corrected chi connectivity index (χ1v) is 4.16. The number of rotatable bonds is 2. The van der Waals surface area contributed by atoms with Gasteiger partial charge in [-0.1, -0.05) is 18.2 Å². The maximum absolute atomic E-state index is 10.1. The Morgan fingerprint density at radius 1 is 1.17 bits per heavy atom. The number of benzene rings is 1. The Morgan fingerprint density at radius 3 is 2.08 bits per heavy atom. The van der Waals surface area contributed by atoms with Crippen LogP contribution in [0.5, 0.6) is 5.75 Å². The largest absolute Gasteiger partial charge is 0.446 e. The Kier molecular flexibility index (Phi) is 4.02. The van der Waals surface area contributed by atoms with Crippen molar-refractivity contribution >= 4 is 22.8 Å². The molecule has 4 nitrogen and oxygen atoms in total. The minimum Gasteiger partial charge on any atom is -0.362 e. The van der Waals surface area contributed by atoms with Crippen molar-refractivity contribution in [2.45, 2.75) is 0 Å². The zero-order chi connectivity index (χ0) is 8.32. The van der Waals surface area contributed by atoms with Gasteiger partial charge in [0.05, 0.1) is 0 Å². The van der Waals surface area contributed by atoms with Crippen LogP contribution in [0.2, 0.25) is 0 Å². The lowest BCUT2D eigenvalue weighted by Gasteiger charge is -1.98. The fourth-order valence-electron chi connectivity index (χ4n) is 0.598. The Labute approximate surface area is 76.5 Å². The van der Waals surface area contributed by atoms with Crippen molar-refractivity contribution in [1.82, 2.24) is 0 Å². The van der Waals surface area contributed by atoms with Gasteiger partial charge < -0.3 is 4.18 Å². The number of halogens is 1. The molecule has 0 unspecified atom stereocenters. The molecule has 1 aromatic rings. The normalized spacial score (nSPS) is 10.1. The summed E-state index contributed by atoms with van der Waals surface area (Å²) in [6.45, 7) is 0. The van der Waals surface area contributed by atoms with Crippen LogP contribution in [0.3, 0.4) is 0 Å². The predicted molar refractivity (Wildman–Crippen MR) is 45.9 cm³/mol. The molecule has 0 saturated carbocycles. The summed E-state index contributed by atoms with van der Waals surface area (Å²) in [6.07, 6.45) is 0. The molecular formula is C6H7ClO4S. The molecule has 0 aromatic heterocycles. The molecule has 1 N–H and O–H groups in total. The van der Waals surface area contributed by atoms with Gasteiger partial charge in [0, 0.05) is 0 Å². The molecule has 1 rings (SSSR count). The van der Waals surface area contributed by atoms with E-state index < -0.39 is 10.4 Å². The summed E-state index contributed by atoms with van der Waals surface area (Å²) in [5.41, 5.74) is 0. The molecule has 0 fully saturated rings. The van der Waals surface area contributed by atoms with E-state index in [1.807, 2.05) is 0 Å². The average Bonchev–Trinajstić information content (AvgIpc) is 1.85. The van der Waals surface area contributed by atoms with Crippen molar-refractivity contribution in [3.8, 4) is 5.75 Å². The van der Waals surface area contributed by atoms with Crippen LogP contribution >= 0.6 is 12.4 Å². The van der Waals surface area contributed by atoms with Gasteiger partial charge in [-0.25, -0.2) is 0 Å². The van der Waals surface area contributed by atoms with Crippen molar-refractivity contribution < 1.29 is 17.2 Å². The molecule has 0 amide bonds. The highest BCUT2D eigenvalue weighted by atomic mass is 35.5. The highest BCUT2D eigenvalue weighted by Crippen LogP contribution is 2.09. The van der Waals surface area contributed by atoms with E-state index in [0.717, 1.165) is 0 Å². The minimum absolute atomic E-state index is 0. The Balaban J connectivity index is 0.00000121. The van der Waals surface area contributed by atoms with Gasteiger partial charge in [-0.15, -0.1) is 12.4 Å². The van der Waals surface area contributed by atoms with Crippen LogP contribution in [0.4, 0.5) is 0 Å². The van der Waals surface area contributed by atoms with E-state index >= 15 is 0 Å². The molecular weight excluding hydrogens is 204 g/mol. The number of hydrogen-bond donors (Lipinski definition) is 1. The Morgan fingerprint density at radius 2 is 1.67 bits per heavy atom. The maximum atomic E-state index is 10.1. The van der Waals surface area contributed by atoms with Gasteiger partial charge in [-0.3, -0.25) is 4.55 Å². The first-order chi connectivity index (χ1) is 5.08. The molecule has 0 aliphatic rings. The van der Waals surface area contributed by atoms with Gasteiger partial charge in [0.25, 0.3) is 0 Å². The molecule has 0 aliphatic heterocycles. The third kappa shape index (κ3) is 4.17. The molecule has 0 spiro atoms. The summed E-state index contributed by atoms with van der Waals surface area (Å²) in [4.78, 5) is 0. The zero-order valence-electron chi connectivity index (χ0n) is 5.88. The highest BCUT2D eigenvalue weighted by Gasteiger charge is 2.04. The summed E-state index contributed by atoms with van der Waals surface area (Å²) >= 11 is 0. The third-order valence-electron chi connectivity index (χ3n) is 0.945. The van der Waals surface area contributed by atoms with Crippen molar-refractivity contribution in [2.75, 3.05) is 0 Å². The lowest BCUT2D eigenvalue weighted by Crippen LogP contribution is -2.06. The lowest BCUT2D eigenvalue weighted by atomic mass is 10.3. The van der Waals surface area contributed by atoms with Gasteiger partial charge in [0.2, 0.25) is 0 Å². The monoisotopic (exact) mass is 210 g/mol. The van der Waals surface area contributed by atoms with Crippen LogP contribution in [0.1, 0.15) is 0 Å². The van der Waals surface area contributed by atoms with E-state index in [9.17, 15) is 8.42 Å². The van der Waals surface area contributed by atoms with Gasteiger partial charge in [-0.2, -0.15) is 8.42 Å². The maximum Gasteiger partial charge on any atom is 0.446 e. The fourth-order valence-corrected chi connectivity index (χ4v) is 0.952. The standard InChI is InChI=1S/C6H6O4S.ClH/c7-11(8,9)10-6-4-2-1-3-5-6;/h1-5H,(H,7,8,9);1H. The second kappa shape index (κ2) is 4.30. The van der Waals surface area contributed by atoms with Gasteiger partial charge in [-0.05, 0) is 12.1 Å². The Bertz CT molecular complexity index is 321. The SMILES string of the molecule is Cl.O=S(=O)(O)Oc1ccccc1. The summed E-state index contributed by atoms with van der Waals surface area (Å²) in [5, 5.41) is 0. The average molecular weight is 211 g/mol. The van der Waals surface area contributed by atoms with E-state index in [1.54, 1.807) is 18.2 Å². The van der Waals surface area contributed by atoms with E-state index in [2.05, 4.69) is 4.18 Å². The van der Waals surface area contributed by atoms with Crippen LogP contribution in [-0.4, -0.2) is 13.0 Å². The molecule has 0 saturated heterocycles. The van der Waals surface area contributed by atoms with E-state index in [0.29, 0.717) is 0 Å². The molecule has 0 aliphatic carbocycles. The van der Waals surface area contributed by atoms with Gasteiger partial charge in [0.15, 0.2) is 0 Å². The molecule has 0 atom stereocenters. The second-order valence-corrected chi connectivity index (χ2v) is 2.85. The first-order valence-electron chi connectivity index (χ1n) is 2.80. The number of para-hydroxylation sites is 1. The molecule has 68 valence electrons. The topological polar surface area (TPSA) is 63.6 Å². The van der Waals surface area contributed by atoms with E-state index in [1.165, 1.54) is 12.1 Å². The first kappa shape index (κ1) is 11.2. The van der Waals surface area contributed by atoms with Crippen LogP contribution in [-0.2, 0) is 10.4 Å². The number of hydrogen-bond acceptors (Lipinski definition) is 3. The molecule has 12 heavy (non-hydrogen) atoms. The van der Waals surface area contributed by atoms with Crippen LogP contribution in [0.15, 0.2) is 30.3 Å². The zero-order valence-corrected chi connectivity index (χ0v) is 7.51. The smallest absolute Gasteiger partial charge is 0.362 e. The summed E-state index contributed by atoms with van der Waals surface area (Å²) in [5.74, 6) is 0.0926. The molecule has 1 aromatic carbocycles. The van der Waals surface area contributed by atoms with Gasteiger partial charge >= 0.3 is 10.4 Å². The van der Waals surface area contributed by atoms with Crippen LogP contribution < -0.4 is 4.18 Å². The molecule has 0 bridgehead atoms. The highest BCUT2D eigenvalue weighted by molar-refractivity contribution is 7.81. The van der Waals surface area contributed by atoms with E-state index in [4.69, 9.17) is 4.55 Å². The minimum atomic E-state index is -4.38. The van der Waals surface area contributed by atoms with E-state index in [-0.39, 0.29) is 18.2 Å². The van der Waals surface area contributed by atoms with Crippen molar-refractivity contribution in [3.63, 3.8) is 0 Å². The summed E-state index contributed by atoms with van der Waals surface area (Å²) in [7, 11) is -4.38. The quantitative estimate of drug-likeness (QED) is 0.748. The molecule has 0 heterocycles. The Hall–Kier alpha value is -0.780. The third-order valence-corrected chi connectivity index (χ3v) is 1.35. The van der Waals surface area contributed by atoms with Crippen molar-refractivity contribution in [2.24, 2.45) is 0 Å². The van der Waals surface area contributed by atoms with Gasteiger partial charge in [0.1, 0.15) is 5.75 Å². The summed E-state index contributed by atoms with van der Waals surface area (Å²) in [6, 6.07) is 7.75. The lowest BCUT2D eigenvalue weighted by molar-refractivity contribution is 0.387. The predicted octanol–water partition coefficient (Wildman–Crippen LogP) is 1.29. The van der Waals surface area contributed by atoms with Crippen molar-refractivity contribution in [1.29, 1.82) is 0 Å². The fraction of sp³-hybridized carbons (Fsp3) is 0. The second-order valence-electron chi connectivity index (χ2n) is 1.82. The van der Waals surface area contributed by atoms with Crippen LogP contribution in [0.25, 0.3) is 0 Å². The van der Waals surface area contributed by atoms with Crippen LogP contribution in [0, 0.1) is 0 Å². The van der Waals surface area contributed by atoms with Crippen molar-refractivity contribution in [3.05, 3.63) is 30.3 Å². The molecule has 6 heteroatoms.